The maximum atomic E-state index is 12.0. The van der Waals surface area contributed by atoms with Crippen molar-refractivity contribution < 1.29 is 14.3 Å². The van der Waals surface area contributed by atoms with Crippen LogP contribution in [-0.4, -0.2) is 34.4 Å². The molecule has 4 rings (SSSR count). The van der Waals surface area contributed by atoms with Crippen molar-refractivity contribution in [1.82, 2.24) is 5.32 Å². The van der Waals surface area contributed by atoms with E-state index in [0.29, 0.717) is 24.2 Å². The summed E-state index contributed by atoms with van der Waals surface area (Å²) in [4.78, 5) is 27.8. The van der Waals surface area contributed by atoms with Crippen LogP contribution >= 0.6 is 11.8 Å². The molecule has 0 radical (unpaired) electrons. The third-order valence-electron chi connectivity index (χ3n) is 4.88. The van der Waals surface area contributed by atoms with E-state index in [0.717, 1.165) is 11.8 Å². The molecule has 1 amide bonds. The van der Waals surface area contributed by atoms with Gasteiger partial charge in [-0.25, -0.2) is 4.79 Å². The molecule has 3 fully saturated rings. The zero-order chi connectivity index (χ0) is 13.0. The number of nitrogens with zero attached hydrogens (tertiary/aromatic N) is 1. The van der Waals surface area contributed by atoms with Gasteiger partial charge in [0, 0.05) is 12.5 Å². The summed E-state index contributed by atoms with van der Waals surface area (Å²) in [5, 5.41) is 4.02. The molecule has 2 saturated carbocycles. The van der Waals surface area contributed by atoms with Crippen LogP contribution in [0.25, 0.3) is 0 Å². The molecule has 102 valence electrons. The summed E-state index contributed by atoms with van der Waals surface area (Å²) in [6.07, 6.45) is 5.55. The quantitative estimate of drug-likeness (QED) is 0.575. The summed E-state index contributed by atoms with van der Waals surface area (Å²) < 4.78 is 3.88. The number of thioether (sulfide) groups is 1. The predicted octanol–water partition coefficient (Wildman–Crippen LogP) is 1.08. The van der Waals surface area contributed by atoms with Crippen LogP contribution in [0.3, 0.4) is 0 Å². The Balaban J connectivity index is 1.48. The van der Waals surface area contributed by atoms with Gasteiger partial charge in [-0.1, -0.05) is 18.2 Å². The largest absolute Gasteiger partial charge is 0.464 e. The Kier molecular flexibility index (Phi) is 2.46. The highest BCUT2D eigenvalue weighted by Gasteiger charge is 2.57. The Bertz CT molecular complexity index is 492. The van der Waals surface area contributed by atoms with Crippen LogP contribution in [-0.2, 0) is 14.3 Å². The zero-order valence-electron chi connectivity index (χ0n) is 10.6. The van der Waals surface area contributed by atoms with Gasteiger partial charge in [0.25, 0.3) is 5.91 Å². The average Bonchev–Trinajstić information content (AvgIpc) is 3.10. The van der Waals surface area contributed by atoms with Crippen LogP contribution in [0.2, 0.25) is 0 Å². The number of amides is 1. The second kappa shape index (κ2) is 3.98. The molecule has 5 nitrogen and oxygen atoms in total. The zero-order valence-corrected chi connectivity index (χ0v) is 11.4. The number of fused-ring (bicyclic) bond motifs is 2. The Morgan fingerprint density at radius 2 is 2.21 bits per heavy atom. The number of nitrogens with one attached hydrogen (secondary N) is 1. The highest BCUT2D eigenvalue weighted by molar-refractivity contribution is 8.16. The lowest BCUT2D eigenvalue weighted by molar-refractivity contribution is -0.142. The van der Waals surface area contributed by atoms with E-state index in [1.165, 1.54) is 37.4 Å². The standard InChI is InChI=1S/C13H16N2O3S/c16-10-13(3-4-18-11(13)17)19-12(15-10)14-9-6-7-1-2-8(9)5-7/h7-9H,1-6H2,(H,14,15,16)/t7-,8?,9+,13?/m1/s1. The highest BCUT2D eigenvalue weighted by Crippen LogP contribution is 2.46. The monoisotopic (exact) mass is 280 g/mol. The number of aliphatic imine (C=N–C) groups is 1. The van der Waals surface area contributed by atoms with Crippen molar-refractivity contribution in [1.29, 1.82) is 0 Å². The third kappa shape index (κ3) is 1.65. The van der Waals surface area contributed by atoms with E-state index in [-0.39, 0.29) is 5.91 Å². The Morgan fingerprint density at radius 3 is 2.84 bits per heavy atom. The van der Waals surface area contributed by atoms with Crippen LogP contribution in [0.15, 0.2) is 4.99 Å². The van der Waals surface area contributed by atoms with Crippen LogP contribution < -0.4 is 5.32 Å². The molecule has 2 aliphatic heterocycles. The number of amidine groups is 1. The topological polar surface area (TPSA) is 67.8 Å². The Labute approximate surface area is 115 Å². The molecule has 2 heterocycles. The molecule has 4 aliphatic rings. The fourth-order valence-electron chi connectivity index (χ4n) is 3.85. The lowest BCUT2D eigenvalue weighted by Crippen LogP contribution is -2.39. The molecule has 0 aromatic carbocycles. The minimum absolute atomic E-state index is 0.328. The highest BCUT2D eigenvalue weighted by atomic mass is 32.2. The summed E-state index contributed by atoms with van der Waals surface area (Å²) in [5.74, 6) is 0.799. The van der Waals surface area contributed by atoms with Crippen molar-refractivity contribution in [2.75, 3.05) is 6.61 Å². The van der Waals surface area contributed by atoms with Gasteiger partial charge in [-0.3, -0.25) is 4.79 Å². The fraction of sp³-hybridized carbons (Fsp3) is 0.769. The lowest BCUT2D eigenvalue weighted by Gasteiger charge is -2.24. The van der Waals surface area contributed by atoms with Gasteiger partial charge in [0.1, 0.15) is 0 Å². The van der Waals surface area contributed by atoms with Crippen molar-refractivity contribution in [2.24, 2.45) is 16.8 Å². The maximum absolute atomic E-state index is 12.0. The molecule has 2 aliphatic carbocycles. The van der Waals surface area contributed by atoms with Gasteiger partial charge in [0.2, 0.25) is 4.75 Å². The van der Waals surface area contributed by atoms with Gasteiger partial charge in [-0.15, -0.1) is 0 Å². The normalized spacial score (nSPS) is 44.0. The van der Waals surface area contributed by atoms with E-state index in [4.69, 9.17) is 4.74 Å². The molecule has 1 saturated heterocycles. The average molecular weight is 280 g/mol. The minimum atomic E-state index is -1.07. The molecular weight excluding hydrogens is 264 g/mol. The van der Waals surface area contributed by atoms with Crippen LogP contribution in [0, 0.1) is 11.8 Å². The van der Waals surface area contributed by atoms with Crippen molar-refractivity contribution in [3.8, 4) is 0 Å². The van der Waals surface area contributed by atoms with Crippen molar-refractivity contribution >= 4 is 28.8 Å². The first-order chi connectivity index (χ1) is 9.17. The Morgan fingerprint density at radius 1 is 1.32 bits per heavy atom. The van der Waals surface area contributed by atoms with Crippen molar-refractivity contribution in [3.63, 3.8) is 0 Å². The SMILES string of the molecule is O=C1N=C(N[C@H]2C[C@@H]3CCC2C3)SC12CCOC2=O. The second-order valence-corrected chi connectivity index (χ2v) is 7.25. The minimum Gasteiger partial charge on any atom is -0.464 e. The lowest BCUT2D eigenvalue weighted by atomic mass is 9.96. The van der Waals surface area contributed by atoms with E-state index in [2.05, 4.69) is 10.3 Å². The third-order valence-corrected chi connectivity index (χ3v) is 6.18. The summed E-state index contributed by atoms with van der Waals surface area (Å²) in [6.45, 7) is 0.328. The van der Waals surface area contributed by atoms with Crippen molar-refractivity contribution in [3.05, 3.63) is 0 Å². The van der Waals surface area contributed by atoms with E-state index in [1.54, 1.807) is 0 Å². The van der Waals surface area contributed by atoms with Crippen LogP contribution in [0.5, 0.6) is 0 Å². The predicted molar refractivity (Wildman–Crippen MR) is 70.7 cm³/mol. The molecule has 1 spiro atoms. The number of carbonyl (C=O) groups is 2. The number of hydrogen-bond donors (Lipinski definition) is 1. The van der Waals surface area contributed by atoms with Gasteiger partial charge in [0.15, 0.2) is 5.17 Å². The second-order valence-electron chi connectivity index (χ2n) is 5.96. The number of rotatable bonds is 1. The molecule has 2 bridgehead atoms. The number of hydrogen-bond acceptors (Lipinski definition) is 5. The van der Waals surface area contributed by atoms with E-state index >= 15 is 0 Å². The number of carbonyl (C=O) groups excluding carboxylic acids is 2. The maximum Gasteiger partial charge on any atom is 0.332 e. The first kappa shape index (κ1) is 11.8. The van der Waals surface area contributed by atoms with E-state index in [1.807, 2.05) is 0 Å². The summed E-state index contributed by atoms with van der Waals surface area (Å²) in [6, 6.07) is 0.436. The number of esters is 1. The molecule has 0 aromatic rings. The van der Waals surface area contributed by atoms with Gasteiger partial charge in [0.05, 0.1) is 6.61 Å². The molecule has 19 heavy (non-hydrogen) atoms. The smallest absolute Gasteiger partial charge is 0.332 e. The number of ether oxygens (including phenoxy) is 1. The number of cyclic esters (lactones) is 1. The van der Waals surface area contributed by atoms with Gasteiger partial charge in [-0.2, -0.15) is 4.99 Å². The van der Waals surface area contributed by atoms with E-state index in [9.17, 15) is 9.59 Å². The summed E-state index contributed by atoms with van der Waals surface area (Å²) in [5.41, 5.74) is 0. The molecule has 4 atom stereocenters. The molecular formula is C13H16N2O3S. The van der Waals surface area contributed by atoms with Gasteiger partial charge >= 0.3 is 5.97 Å². The van der Waals surface area contributed by atoms with Crippen LogP contribution in [0.4, 0.5) is 0 Å². The first-order valence-electron chi connectivity index (χ1n) is 6.93. The van der Waals surface area contributed by atoms with Crippen LogP contribution in [0.1, 0.15) is 32.1 Å². The van der Waals surface area contributed by atoms with Gasteiger partial charge < -0.3 is 10.1 Å². The summed E-state index contributed by atoms with van der Waals surface area (Å²) in [7, 11) is 0. The van der Waals surface area contributed by atoms with Gasteiger partial charge in [-0.05, 0) is 31.1 Å². The fourth-order valence-corrected chi connectivity index (χ4v) is 4.98. The van der Waals surface area contributed by atoms with Crippen molar-refractivity contribution in [2.45, 2.75) is 42.9 Å². The van der Waals surface area contributed by atoms with E-state index < -0.39 is 10.7 Å². The first-order valence-corrected chi connectivity index (χ1v) is 7.75. The molecule has 6 heteroatoms. The summed E-state index contributed by atoms with van der Waals surface area (Å²) >= 11 is 1.27. The molecule has 2 unspecified atom stereocenters. The molecule has 1 N–H and O–H groups in total. The molecule has 0 aromatic heterocycles. The Hall–Kier alpha value is -1.04.